The molecular weight excluding hydrogens is 272 g/mol. The van der Waals surface area contributed by atoms with E-state index in [1.807, 2.05) is 25.7 Å². The lowest BCUT2D eigenvalue weighted by molar-refractivity contribution is -0.133. The van der Waals surface area contributed by atoms with Gasteiger partial charge in [-0.1, -0.05) is 0 Å². The Bertz CT molecular complexity index is 405. The number of amides is 2. The molecule has 21 heavy (non-hydrogen) atoms. The minimum Gasteiger partial charge on any atom is -0.444 e. The van der Waals surface area contributed by atoms with Crippen LogP contribution in [0.25, 0.3) is 0 Å². The molecule has 120 valence electrons. The molecule has 0 aromatic heterocycles. The third-order valence-corrected chi connectivity index (χ3v) is 4.03. The van der Waals surface area contributed by atoms with Gasteiger partial charge in [-0.05, 0) is 40.0 Å². The van der Waals surface area contributed by atoms with Crippen molar-refractivity contribution < 1.29 is 19.4 Å². The second-order valence-electron chi connectivity index (χ2n) is 6.91. The van der Waals surface area contributed by atoms with Crippen LogP contribution in [0.4, 0.5) is 4.79 Å². The topological polar surface area (TPSA) is 70.1 Å². The molecule has 6 heteroatoms. The maximum Gasteiger partial charge on any atom is 0.410 e. The van der Waals surface area contributed by atoms with Crippen molar-refractivity contribution in [3.8, 4) is 0 Å². The molecule has 2 aliphatic heterocycles. The number of aliphatic hydroxyl groups excluding tert-OH is 1. The Kier molecular flexibility index (Phi) is 4.76. The number of carbonyl (C=O) groups excluding carboxylic acids is 2. The van der Waals surface area contributed by atoms with Gasteiger partial charge in [0.05, 0.1) is 6.04 Å². The molecule has 2 amide bonds. The molecule has 2 fully saturated rings. The van der Waals surface area contributed by atoms with E-state index in [1.54, 1.807) is 4.90 Å². The molecule has 0 aromatic rings. The smallest absolute Gasteiger partial charge is 0.410 e. The lowest BCUT2D eigenvalue weighted by atomic mass is 9.99. The minimum absolute atomic E-state index is 0.000682. The van der Waals surface area contributed by atoms with Crippen LogP contribution in [0.2, 0.25) is 0 Å². The van der Waals surface area contributed by atoms with Gasteiger partial charge in [0.2, 0.25) is 5.91 Å². The van der Waals surface area contributed by atoms with Crippen LogP contribution in [-0.4, -0.2) is 64.8 Å². The third kappa shape index (κ3) is 3.87. The SMILES string of the molecule is CC(C)(C)OC(=O)N1CCN2C(=O)[C@@H](CCCO)C[C@H]2C1. The molecule has 0 spiro atoms. The summed E-state index contributed by atoms with van der Waals surface area (Å²) in [6.45, 7) is 7.35. The zero-order valence-electron chi connectivity index (χ0n) is 13.2. The minimum atomic E-state index is -0.497. The van der Waals surface area contributed by atoms with E-state index in [9.17, 15) is 9.59 Å². The van der Waals surface area contributed by atoms with Crippen molar-refractivity contribution in [2.24, 2.45) is 5.92 Å². The highest BCUT2D eigenvalue weighted by Gasteiger charge is 2.43. The van der Waals surface area contributed by atoms with Gasteiger partial charge in [0.25, 0.3) is 0 Å². The molecule has 6 nitrogen and oxygen atoms in total. The van der Waals surface area contributed by atoms with E-state index in [0.29, 0.717) is 26.1 Å². The summed E-state index contributed by atoms with van der Waals surface area (Å²) in [5.41, 5.74) is -0.497. The number of fused-ring (bicyclic) bond motifs is 1. The fourth-order valence-electron chi connectivity index (χ4n) is 3.08. The van der Waals surface area contributed by atoms with Crippen molar-refractivity contribution in [2.75, 3.05) is 26.2 Å². The van der Waals surface area contributed by atoms with Gasteiger partial charge < -0.3 is 19.6 Å². The predicted molar refractivity (Wildman–Crippen MR) is 77.7 cm³/mol. The fraction of sp³-hybridized carbons (Fsp3) is 0.867. The first kappa shape index (κ1) is 16.1. The van der Waals surface area contributed by atoms with Gasteiger partial charge in [-0.3, -0.25) is 4.79 Å². The zero-order chi connectivity index (χ0) is 15.6. The second-order valence-corrected chi connectivity index (χ2v) is 6.91. The molecular formula is C15H26N2O4. The Hall–Kier alpha value is -1.30. The lowest BCUT2D eigenvalue weighted by Gasteiger charge is -2.38. The molecule has 0 unspecified atom stereocenters. The number of carbonyl (C=O) groups is 2. The van der Waals surface area contributed by atoms with Crippen LogP contribution in [0.3, 0.4) is 0 Å². The average molecular weight is 298 g/mol. The molecule has 0 aliphatic carbocycles. The molecule has 2 rings (SSSR count). The maximum atomic E-state index is 12.3. The van der Waals surface area contributed by atoms with Gasteiger partial charge in [-0.25, -0.2) is 4.79 Å². The number of hydrogen-bond acceptors (Lipinski definition) is 4. The Labute approximate surface area is 126 Å². The number of rotatable bonds is 3. The summed E-state index contributed by atoms with van der Waals surface area (Å²) in [6, 6.07) is 0.0995. The first-order chi connectivity index (χ1) is 9.81. The highest BCUT2D eigenvalue weighted by Crippen LogP contribution is 2.31. The normalized spacial score (nSPS) is 26.0. The second kappa shape index (κ2) is 6.22. The summed E-state index contributed by atoms with van der Waals surface area (Å²) in [7, 11) is 0. The van der Waals surface area contributed by atoms with E-state index in [4.69, 9.17) is 9.84 Å². The zero-order valence-corrected chi connectivity index (χ0v) is 13.2. The summed E-state index contributed by atoms with van der Waals surface area (Å²) in [4.78, 5) is 28.0. The number of nitrogens with zero attached hydrogens (tertiary/aromatic N) is 2. The van der Waals surface area contributed by atoms with E-state index >= 15 is 0 Å². The number of hydrogen-bond donors (Lipinski definition) is 1. The Balaban J connectivity index is 1.92. The van der Waals surface area contributed by atoms with Crippen molar-refractivity contribution >= 4 is 12.0 Å². The summed E-state index contributed by atoms with van der Waals surface area (Å²) < 4.78 is 5.39. The quantitative estimate of drug-likeness (QED) is 0.850. The van der Waals surface area contributed by atoms with Crippen molar-refractivity contribution in [2.45, 2.75) is 51.7 Å². The van der Waals surface area contributed by atoms with Crippen molar-refractivity contribution in [3.63, 3.8) is 0 Å². The number of aliphatic hydroxyl groups is 1. The molecule has 0 bridgehead atoms. The van der Waals surface area contributed by atoms with Crippen molar-refractivity contribution in [3.05, 3.63) is 0 Å². The van der Waals surface area contributed by atoms with Crippen LogP contribution >= 0.6 is 0 Å². The highest BCUT2D eigenvalue weighted by molar-refractivity contribution is 5.82. The monoisotopic (exact) mass is 298 g/mol. The van der Waals surface area contributed by atoms with Crippen LogP contribution in [0.1, 0.15) is 40.0 Å². The summed E-state index contributed by atoms with van der Waals surface area (Å²) in [5.74, 6) is 0.179. The van der Waals surface area contributed by atoms with Gasteiger partial charge in [0, 0.05) is 32.2 Å². The van der Waals surface area contributed by atoms with E-state index in [2.05, 4.69) is 0 Å². The fourth-order valence-corrected chi connectivity index (χ4v) is 3.08. The van der Waals surface area contributed by atoms with Crippen LogP contribution in [-0.2, 0) is 9.53 Å². The third-order valence-electron chi connectivity index (χ3n) is 4.03. The lowest BCUT2D eigenvalue weighted by Crippen LogP contribution is -2.54. The van der Waals surface area contributed by atoms with Gasteiger partial charge in [0.1, 0.15) is 5.60 Å². The standard InChI is InChI=1S/C15H26N2O4/c1-15(2,3)21-14(20)16-6-7-17-12(10-16)9-11(13(17)19)5-4-8-18/h11-12,18H,4-10H2,1-3H3/t11-,12-/m0/s1. The largest absolute Gasteiger partial charge is 0.444 e. The molecule has 2 aliphatic rings. The van der Waals surface area contributed by atoms with Crippen LogP contribution in [0.5, 0.6) is 0 Å². The van der Waals surface area contributed by atoms with Crippen LogP contribution < -0.4 is 0 Å². The first-order valence-electron chi connectivity index (χ1n) is 7.71. The van der Waals surface area contributed by atoms with Crippen LogP contribution in [0.15, 0.2) is 0 Å². The summed E-state index contributed by atoms with van der Waals surface area (Å²) in [5, 5.41) is 8.90. The van der Waals surface area contributed by atoms with E-state index in [0.717, 1.165) is 12.8 Å². The van der Waals surface area contributed by atoms with Gasteiger partial charge in [-0.2, -0.15) is 0 Å². The van der Waals surface area contributed by atoms with Gasteiger partial charge >= 0.3 is 6.09 Å². The highest BCUT2D eigenvalue weighted by atomic mass is 16.6. The van der Waals surface area contributed by atoms with E-state index < -0.39 is 5.60 Å². The van der Waals surface area contributed by atoms with Gasteiger partial charge in [-0.15, -0.1) is 0 Å². The van der Waals surface area contributed by atoms with Crippen molar-refractivity contribution in [1.29, 1.82) is 0 Å². The van der Waals surface area contributed by atoms with Gasteiger partial charge in [0.15, 0.2) is 0 Å². The van der Waals surface area contributed by atoms with Crippen molar-refractivity contribution in [1.82, 2.24) is 9.80 Å². The Morgan fingerprint density at radius 1 is 1.38 bits per heavy atom. The van der Waals surface area contributed by atoms with E-state index in [-0.39, 0.29) is 30.6 Å². The summed E-state index contributed by atoms with van der Waals surface area (Å²) in [6.07, 6.45) is 1.87. The summed E-state index contributed by atoms with van der Waals surface area (Å²) >= 11 is 0. The molecule has 2 saturated heterocycles. The van der Waals surface area contributed by atoms with Crippen LogP contribution in [0, 0.1) is 5.92 Å². The first-order valence-corrected chi connectivity index (χ1v) is 7.71. The molecule has 1 N–H and O–H groups in total. The molecule has 0 aromatic carbocycles. The average Bonchev–Trinajstić information content (AvgIpc) is 2.70. The molecule has 2 heterocycles. The predicted octanol–water partition coefficient (Wildman–Crippen LogP) is 1.23. The molecule has 2 atom stereocenters. The molecule has 0 radical (unpaired) electrons. The Morgan fingerprint density at radius 3 is 2.71 bits per heavy atom. The molecule has 0 saturated carbocycles. The maximum absolute atomic E-state index is 12.3. The number of ether oxygens (including phenoxy) is 1. The number of piperazine rings is 1. The van der Waals surface area contributed by atoms with E-state index in [1.165, 1.54) is 0 Å². The Morgan fingerprint density at radius 2 is 2.10 bits per heavy atom.